The number of hydrogen-bond donors (Lipinski definition) is 0. The number of furan rings is 1. The van der Waals surface area contributed by atoms with E-state index < -0.39 is 0 Å². The lowest BCUT2D eigenvalue weighted by atomic mass is 9.97. The molecule has 0 aliphatic carbocycles. The number of benzene rings is 9. The minimum atomic E-state index is 0.906. The van der Waals surface area contributed by atoms with Crippen molar-refractivity contribution in [3.8, 4) is 22.3 Å². The maximum Gasteiger partial charge on any atom is 0.136 e. The summed E-state index contributed by atoms with van der Waals surface area (Å²) in [4.78, 5) is 2.45. The third-order valence-electron chi connectivity index (χ3n) is 10.7. The lowest BCUT2D eigenvalue weighted by Gasteiger charge is -2.27. The second-order valence-corrected chi connectivity index (χ2v) is 14.7. The molecule has 0 unspecified atom stereocenters. The van der Waals surface area contributed by atoms with Gasteiger partial charge >= 0.3 is 0 Å². The van der Waals surface area contributed by atoms with E-state index in [0.29, 0.717) is 0 Å². The van der Waals surface area contributed by atoms with E-state index >= 15 is 0 Å². The van der Waals surface area contributed by atoms with Crippen LogP contribution < -0.4 is 4.90 Å². The molecule has 9 aromatic carbocycles. The first-order valence-electron chi connectivity index (χ1n) is 18.0. The molecular formula is C50H31NOS. The molecule has 2 nitrogen and oxygen atoms in total. The summed E-state index contributed by atoms with van der Waals surface area (Å²) < 4.78 is 8.81. The lowest BCUT2D eigenvalue weighted by molar-refractivity contribution is 0.669. The van der Waals surface area contributed by atoms with Gasteiger partial charge in [0.05, 0.1) is 10.4 Å². The van der Waals surface area contributed by atoms with Crippen molar-refractivity contribution in [1.29, 1.82) is 0 Å². The highest BCUT2D eigenvalue weighted by Crippen LogP contribution is 2.49. The molecule has 0 N–H and O–H groups in total. The normalized spacial score (nSPS) is 11.8. The Balaban J connectivity index is 1.16. The Morgan fingerprint density at radius 1 is 0.396 bits per heavy atom. The molecule has 2 heterocycles. The number of fused-ring (bicyclic) bond motifs is 9. The van der Waals surface area contributed by atoms with Crippen molar-refractivity contribution in [2.24, 2.45) is 0 Å². The van der Waals surface area contributed by atoms with E-state index in [1.165, 1.54) is 58.4 Å². The molecule has 0 radical (unpaired) electrons. The van der Waals surface area contributed by atoms with Crippen LogP contribution in [0.3, 0.4) is 0 Å². The molecule has 11 rings (SSSR count). The maximum absolute atomic E-state index is 6.26. The number of thiophene rings is 1. The second-order valence-electron chi connectivity index (χ2n) is 13.7. The smallest absolute Gasteiger partial charge is 0.136 e. The first-order valence-corrected chi connectivity index (χ1v) is 18.8. The Morgan fingerprint density at radius 3 is 1.91 bits per heavy atom. The average Bonchev–Trinajstić information content (AvgIpc) is 3.81. The fourth-order valence-corrected chi connectivity index (χ4v) is 9.44. The van der Waals surface area contributed by atoms with Crippen molar-refractivity contribution in [2.45, 2.75) is 0 Å². The van der Waals surface area contributed by atoms with Crippen LogP contribution in [-0.4, -0.2) is 0 Å². The van der Waals surface area contributed by atoms with E-state index in [0.717, 1.165) is 44.6 Å². The maximum atomic E-state index is 6.26. The Bertz CT molecular complexity index is 3170. The third-order valence-corrected chi connectivity index (χ3v) is 11.9. The highest BCUT2D eigenvalue weighted by atomic mass is 32.1. The molecule has 0 atom stereocenters. The van der Waals surface area contributed by atoms with Gasteiger partial charge in [-0.25, -0.2) is 0 Å². The molecule has 0 spiro atoms. The summed E-state index contributed by atoms with van der Waals surface area (Å²) in [5.74, 6) is 0. The van der Waals surface area contributed by atoms with Crippen molar-refractivity contribution in [2.75, 3.05) is 4.90 Å². The van der Waals surface area contributed by atoms with Crippen LogP contribution in [0.1, 0.15) is 0 Å². The predicted octanol–water partition coefficient (Wildman–Crippen LogP) is 15.1. The molecule has 11 aromatic rings. The fourth-order valence-electron chi connectivity index (χ4n) is 8.21. The van der Waals surface area contributed by atoms with Gasteiger partial charge in [0.25, 0.3) is 0 Å². The number of para-hydroxylation sites is 1. The predicted molar refractivity (Wildman–Crippen MR) is 227 cm³/mol. The molecule has 0 aliphatic rings. The van der Waals surface area contributed by atoms with Gasteiger partial charge in [0, 0.05) is 37.6 Å². The van der Waals surface area contributed by atoms with Gasteiger partial charge in [-0.1, -0.05) is 140 Å². The van der Waals surface area contributed by atoms with Gasteiger partial charge in [0.15, 0.2) is 0 Å². The van der Waals surface area contributed by atoms with Gasteiger partial charge in [-0.05, 0) is 92.3 Å². The van der Waals surface area contributed by atoms with Crippen molar-refractivity contribution in [3.05, 3.63) is 188 Å². The topological polar surface area (TPSA) is 16.4 Å². The summed E-state index contributed by atoms with van der Waals surface area (Å²) in [6, 6.07) is 68.0. The molecule has 0 fully saturated rings. The average molecular weight is 694 g/mol. The van der Waals surface area contributed by atoms with Crippen LogP contribution in [0.25, 0.3) is 85.9 Å². The van der Waals surface area contributed by atoms with E-state index in [-0.39, 0.29) is 0 Å². The summed E-state index contributed by atoms with van der Waals surface area (Å²) in [5, 5.41) is 9.84. The van der Waals surface area contributed by atoms with Gasteiger partial charge in [0.1, 0.15) is 11.2 Å². The minimum Gasteiger partial charge on any atom is -0.456 e. The van der Waals surface area contributed by atoms with E-state index in [4.69, 9.17) is 4.42 Å². The second kappa shape index (κ2) is 11.9. The molecule has 0 saturated carbocycles. The van der Waals surface area contributed by atoms with Crippen molar-refractivity contribution in [3.63, 3.8) is 0 Å². The summed E-state index contributed by atoms with van der Waals surface area (Å²) in [7, 11) is 0. The molecule has 248 valence electrons. The highest BCUT2D eigenvalue weighted by Gasteiger charge is 2.22. The SMILES string of the molecule is c1ccc(-c2ccc(N(c3ccc(-c4cccc5oc6ccccc6c45)cc3)c3ccc4ccc5ccccc5c4c3)c3sc4ccccc4c23)cc1. The first kappa shape index (κ1) is 30.0. The van der Waals surface area contributed by atoms with Crippen LogP contribution in [0.2, 0.25) is 0 Å². The van der Waals surface area contributed by atoms with Crippen LogP contribution in [0.5, 0.6) is 0 Å². The fraction of sp³-hybridized carbons (Fsp3) is 0. The van der Waals surface area contributed by atoms with Gasteiger partial charge in [-0.3, -0.25) is 0 Å². The van der Waals surface area contributed by atoms with Crippen molar-refractivity contribution in [1.82, 2.24) is 0 Å². The van der Waals surface area contributed by atoms with E-state index in [1.807, 2.05) is 23.5 Å². The Labute approximate surface area is 310 Å². The monoisotopic (exact) mass is 693 g/mol. The van der Waals surface area contributed by atoms with Crippen LogP contribution >= 0.6 is 11.3 Å². The molecule has 2 aromatic heterocycles. The quantitative estimate of drug-likeness (QED) is 0.167. The molecule has 0 aliphatic heterocycles. The third kappa shape index (κ3) is 4.78. The molecule has 0 amide bonds. The minimum absolute atomic E-state index is 0.906. The number of nitrogens with zero attached hydrogens (tertiary/aromatic N) is 1. The summed E-state index contributed by atoms with van der Waals surface area (Å²) in [6.07, 6.45) is 0. The summed E-state index contributed by atoms with van der Waals surface area (Å²) >= 11 is 1.87. The number of anilines is 3. The van der Waals surface area contributed by atoms with E-state index in [2.05, 4.69) is 181 Å². The molecule has 3 heteroatoms. The Hall–Kier alpha value is -6.68. The van der Waals surface area contributed by atoms with Crippen LogP contribution in [-0.2, 0) is 0 Å². The zero-order chi connectivity index (χ0) is 34.9. The van der Waals surface area contributed by atoms with Gasteiger partial charge in [0.2, 0.25) is 0 Å². The molecule has 0 bridgehead atoms. The highest BCUT2D eigenvalue weighted by molar-refractivity contribution is 7.26. The first-order chi connectivity index (χ1) is 26.3. The standard InChI is InChI=1S/C50H31NOS/c1-2-11-32(12-3-1)40-29-30-44(50-49(40)42-16-7-9-20-47(42)53-50)51(37-28-25-35-22-21-33-13-4-5-14-38(33)43(35)31-37)36-26-23-34(24-27-36)39-17-10-19-46-48(39)41-15-6-8-18-45(41)52-46/h1-31H. The molecular weight excluding hydrogens is 663 g/mol. The summed E-state index contributed by atoms with van der Waals surface area (Å²) in [6.45, 7) is 0. The summed E-state index contributed by atoms with van der Waals surface area (Å²) in [5.41, 5.74) is 10.00. The van der Waals surface area contributed by atoms with Gasteiger partial charge in [-0.2, -0.15) is 0 Å². The zero-order valence-electron chi connectivity index (χ0n) is 28.7. The number of hydrogen-bond acceptors (Lipinski definition) is 3. The Kier molecular flexibility index (Phi) is 6.76. The van der Waals surface area contributed by atoms with Crippen molar-refractivity contribution >= 4 is 92.1 Å². The largest absolute Gasteiger partial charge is 0.456 e. The Morgan fingerprint density at radius 2 is 1.04 bits per heavy atom. The van der Waals surface area contributed by atoms with Gasteiger partial charge < -0.3 is 9.32 Å². The van der Waals surface area contributed by atoms with Gasteiger partial charge in [-0.15, -0.1) is 11.3 Å². The molecule has 0 saturated heterocycles. The molecule has 53 heavy (non-hydrogen) atoms. The van der Waals surface area contributed by atoms with Crippen LogP contribution in [0.15, 0.2) is 192 Å². The van der Waals surface area contributed by atoms with Crippen molar-refractivity contribution < 1.29 is 4.42 Å². The van der Waals surface area contributed by atoms with Crippen LogP contribution in [0.4, 0.5) is 17.1 Å². The van der Waals surface area contributed by atoms with E-state index in [1.54, 1.807) is 0 Å². The lowest BCUT2D eigenvalue weighted by Crippen LogP contribution is -2.10. The van der Waals surface area contributed by atoms with Crippen LogP contribution in [0, 0.1) is 0 Å². The zero-order valence-corrected chi connectivity index (χ0v) is 29.5. The van der Waals surface area contributed by atoms with E-state index in [9.17, 15) is 0 Å². The number of rotatable bonds is 5.